The summed E-state index contributed by atoms with van der Waals surface area (Å²) in [7, 11) is -1.56. The summed E-state index contributed by atoms with van der Waals surface area (Å²) in [6, 6.07) is 17.1. The molecule has 1 N–H and O–H groups in total. The standard InChI is InChI=1S/C21H22N2O3S/c1-3-4-10-19(24)23-27(25)18-13-11-16(12-14-18)20-15(2)26-22-21(20)17-8-6-5-7-9-17/h5-9,11-14H,3-4,10H2,1-2H3,(H,23,24). The third kappa shape index (κ3) is 4.52. The van der Waals surface area contributed by atoms with Crippen LogP contribution in [0.1, 0.15) is 31.9 Å². The fraction of sp³-hybridized carbons (Fsp3) is 0.238. The lowest BCUT2D eigenvalue weighted by Crippen LogP contribution is -2.25. The van der Waals surface area contributed by atoms with Crippen molar-refractivity contribution in [2.45, 2.75) is 38.0 Å². The van der Waals surface area contributed by atoms with Gasteiger partial charge in [-0.05, 0) is 31.0 Å². The second kappa shape index (κ2) is 8.77. The van der Waals surface area contributed by atoms with Crippen molar-refractivity contribution in [1.29, 1.82) is 0 Å². The molecular weight excluding hydrogens is 360 g/mol. The molecule has 3 aromatic rings. The number of nitrogens with one attached hydrogen (secondary N) is 1. The fourth-order valence-electron chi connectivity index (χ4n) is 2.80. The Hall–Kier alpha value is -2.73. The Kier molecular flexibility index (Phi) is 6.19. The number of aryl methyl sites for hydroxylation is 1. The summed E-state index contributed by atoms with van der Waals surface area (Å²) < 4.78 is 20.3. The normalized spacial score (nSPS) is 11.9. The van der Waals surface area contributed by atoms with Crippen molar-refractivity contribution in [3.05, 3.63) is 60.4 Å². The number of carbonyl (C=O) groups excluding carboxylic acids is 1. The first kappa shape index (κ1) is 19.0. The monoisotopic (exact) mass is 382 g/mol. The van der Waals surface area contributed by atoms with Crippen molar-refractivity contribution in [2.75, 3.05) is 0 Å². The number of carbonyl (C=O) groups is 1. The number of amides is 1. The Morgan fingerprint density at radius 3 is 2.44 bits per heavy atom. The maximum absolute atomic E-state index is 12.3. The molecule has 1 atom stereocenters. The van der Waals surface area contributed by atoms with Gasteiger partial charge in [-0.3, -0.25) is 9.52 Å². The van der Waals surface area contributed by atoms with E-state index in [1.807, 2.05) is 56.3 Å². The lowest BCUT2D eigenvalue weighted by atomic mass is 10.00. The van der Waals surface area contributed by atoms with Gasteiger partial charge in [0, 0.05) is 12.0 Å². The molecule has 0 spiro atoms. The van der Waals surface area contributed by atoms with Gasteiger partial charge < -0.3 is 4.52 Å². The van der Waals surface area contributed by atoms with Crippen LogP contribution in [0.5, 0.6) is 0 Å². The molecule has 6 heteroatoms. The average Bonchev–Trinajstić information content (AvgIpc) is 3.08. The summed E-state index contributed by atoms with van der Waals surface area (Å²) in [5.41, 5.74) is 3.58. The van der Waals surface area contributed by atoms with E-state index in [1.165, 1.54) is 0 Å². The summed E-state index contributed by atoms with van der Waals surface area (Å²) in [5, 5.41) is 4.20. The van der Waals surface area contributed by atoms with Crippen LogP contribution in [0.3, 0.4) is 0 Å². The first-order chi connectivity index (χ1) is 13.1. The Morgan fingerprint density at radius 1 is 1.07 bits per heavy atom. The van der Waals surface area contributed by atoms with E-state index < -0.39 is 11.0 Å². The van der Waals surface area contributed by atoms with Crippen LogP contribution >= 0.6 is 0 Å². The van der Waals surface area contributed by atoms with Gasteiger partial charge in [-0.1, -0.05) is 61.0 Å². The number of hydrogen-bond donors (Lipinski definition) is 1. The van der Waals surface area contributed by atoms with E-state index in [-0.39, 0.29) is 5.91 Å². The zero-order chi connectivity index (χ0) is 19.2. The van der Waals surface area contributed by atoms with Crippen LogP contribution < -0.4 is 4.72 Å². The molecule has 27 heavy (non-hydrogen) atoms. The van der Waals surface area contributed by atoms with Crippen molar-refractivity contribution in [1.82, 2.24) is 9.88 Å². The smallest absolute Gasteiger partial charge is 0.231 e. The molecule has 0 aliphatic heterocycles. The summed E-state index contributed by atoms with van der Waals surface area (Å²) in [4.78, 5) is 12.3. The minimum absolute atomic E-state index is 0.194. The topological polar surface area (TPSA) is 72.2 Å². The molecule has 5 nitrogen and oxygen atoms in total. The van der Waals surface area contributed by atoms with Crippen LogP contribution in [0.15, 0.2) is 64.0 Å². The van der Waals surface area contributed by atoms with E-state index in [2.05, 4.69) is 9.88 Å². The molecule has 1 heterocycles. The molecule has 0 radical (unpaired) electrons. The highest BCUT2D eigenvalue weighted by Gasteiger charge is 2.17. The van der Waals surface area contributed by atoms with Crippen molar-refractivity contribution < 1.29 is 13.5 Å². The van der Waals surface area contributed by atoms with Gasteiger partial charge in [-0.25, -0.2) is 4.21 Å². The number of unbranched alkanes of at least 4 members (excludes halogenated alkanes) is 1. The van der Waals surface area contributed by atoms with Crippen LogP contribution in [0.2, 0.25) is 0 Å². The number of nitrogens with zero attached hydrogens (tertiary/aromatic N) is 1. The Balaban J connectivity index is 1.82. The zero-order valence-corrected chi connectivity index (χ0v) is 16.2. The maximum atomic E-state index is 12.3. The van der Waals surface area contributed by atoms with Crippen LogP contribution in [0.25, 0.3) is 22.4 Å². The van der Waals surface area contributed by atoms with Crippen molar-refractivity contribution in [2.24, 2.45) is 0 Å². The molecule has 2 aromatic carbocycles. The second-order valence-corrected chi connectivity index (χ2v) is 7.46. The molecule has 0 saturated carbocycles. The van der Waals surface area contributed by atoms with Crippen LogP contribution in [-0.4, -0.2) is 15.3 Å². The van der Waals surface area contributed by atoms with Crippen LogP contribution in [0, 0.1) is 6.92 Å². The Bertz CT molecular complexity index is 934. The Morgan fingerprint density at radius 2 is 1.78 bits per heavy atom. The largest absolute Gasteiger partial charge is 0.360 e. The second-order valence-electron chi connectivity index (χ2n) is 6.25. The summed E-state index contributed by atoms with van der Waals surface area (Å²) in [6.45, 7) is 3.88. The minimum Gasteiger partial charge on any atom is -0.360 e. The first-order valence-corrected chi connectivity index (χ1v) is 10.1. The van der Waals surface area contributed by atoms with Gasteiger partial charge >= 0.3 is 0 Å². The predicted molar refractivity (Wildman–Crippen MR) is 106 cm³/mol. The van der Waals surface area contributed by atoms with Gasteiger partial charge in [0.25, 0.3) is 0 Å². The van der Waals surface area contributed by atoms with Gasteiger partial charge in [-0.2, -0.15) is 0 Å². The lowest BCUT2D eigenvalue weighted by molar-refractivity contribution is -0.119. The zero-order valence-electron chi connectivity index (χ0n) is 15.4. The molecule has 0 fully saturated rings. The molecule has 0 aliphatic rings. The van der Waals surface area contributed by atoms with Crippen molar-refractivity contribution >= 4 is 16.9 Å². The predicted octanol–water partition coefficient (Wildman–Crippen LogP) is 4.65. The summed E-state index contributed by atoms with van der Waals surface area (Å²) in [5.74, 6) is 0.524. The quantitative estimate of drug-likeness (QED) is 0.646. The van der Waals surface area contributed by atoms with E-state index in [1.54, 1.807) is 12.1 Å². The van der Waals surface area contributed by atoms with Gasteiger partial charge in [-0.15, -0.1) is 0 Å². The minimum atomic E-state index is -1.56. The number of aromatic nitrogens is 1. The third-order valence-corrected chi connectivity index (χ3v) is 5.34. The third-order valence-electron chi connectivity index (χ3n) is 4.23. The van der Waals surface area contributed by atoms with Crippen LogP contribution in [-0.2, 0) is 15.8 Å². The van der Waals surface area contributed by atoms with Crippen molar-refractivity contribution in [3.63, 3.8) is 0 Å². The fourth-order valence-corrected chi connectivity index (χ4v) is 3.61. The molecule has 140 valence electrons. The molecular formula is C21H22N2O3S. The SMILES string of the molecule is CCCCC(=O)NS(=O)c1ccc(-c2c(-c3ccccc3)noc2C)cc1. The van der Waals surface area contributed by atoms with Gasteiger partial charge in [0.2, 0.25) is 5.91 Å². The molecule has 0 aliphatic carbocycles. The molecule has 1 amide bonds. The maximum Gasteiger partial charge on any atom is 0.231 e. The molecule has 0 bridgehead atoms. The van der Waals surface area contributed by atoms with Crippen LogP contribution in [0.4, 0.5) is 0 Å². The van der Waals surface area contributed by atoms with Gasteiger partial charge in [0.1, 0.15) is 11.5 Å². The average molecular weight is 382 g/mol. The summed E-state index contributed by atoms with van der Waals surface area (Å²) >= 11 is 0. The highest BCUT2D eigenvalue weighted by Crippen LogP contribution is 2.34. The van der Waals surface area contributed by atoms with Gasteiger partial charge in [0.05, 0.1) is 10.5 Å². The van der Waals surface area contributed by atoms with E-state index in [4.69, 9.17) is 4.52 Å². The van der Waals surface area contributed by atoms with E-state index in [0.29, 0.717) is 11.3 Å². The highest BCUT2D eigenvalue weighted by atomic mass is 32.2. The number of hydrogen-bond acceptors (Lipinski definition) is 4. The highest BCUT2D eigenvalue weighted by molar-refractivity contribution is 7.83. The lowest BCUT2D eigenvalue weighted by Gasteiger charge is -2.07. The molecule has 1 unspecified atom stereocenters. The molecule has 1 aromatic heterocycles. The Labute approximate surface area is 161 Å². The van der Waals surface area contributed by atoms with E-state index in [9.17, 15) is 9.00 Å². The first-order valence-electron chi connectivity index (χ1n) is 8.93. The molecule has 3 rings (SSSR count). The number of rotatable bonds is 7. The van der Waals surface area contributed by atoms with Gasteiger partial charge in [0.15, 0.2) is 11.0 Å². The van der Waals surface area contributed by atoms with Crippen molar-refractivity contribution in [3.8, 4) is 22.4 Å². The number of benzene rings is 2. The van der Waals surface area contributed by atoms with E-state index in [0.717, 1.165) is 41.0 Å². The summed E-state index contributed by atoms with van der Waals surface area (Å²) in [6.07, 6.45) is 2.11. The van der Waals surface area contributed by atoms with E-state index >= 15 is 0 Å². The molecule has 0 saturated heterocycles.